The van der Waals surface area contributed by atoms with E-state index < -0.39 is 24.0 Å². The molecule has 0 radical (unpaired) electrons. The van der Waals surface area contributed by atoms with E-state index in [1.54, 1.807) is 20.0 Å². The molecule has 0 unspecified atom stereocenters. The Labute approximate surface area is 145 Å². The average molecular weight is 346 g/mol. The Bertz CT molecular complexity index is 772. The van der Waals surface area contributed by atoms with Crippen LogP contribution < -0.4 is 15.6 Å². The van der Waals surface area contributed by atoms with Gasteiger partial charge in [0.2, 0.25) is 0 Å². The van der Waals surface area contributed by atoms with Crippen molar-refractivity contribution in [2.75, 3.05) is 0 Å². The normalized spacial score (nSPS) is 13.0. The summed E-state index contributed by atoms with van der Waals surface area (Å²) in [7, 11) is 1.67. The number of nitrogens with zero attached hydrogens (tertiary/aromatic N) is 2. The zero-order valence-electron chi connectivity index (χ0n) is 14.6. The molecule has 0 saturated carbocycles. The van der Waals surface area contributed by atoms with Crippen LogP contribution in [-0.4, -0.2) is 32.8 Å². The van der Waals surface area contributed by atoms with Crippen LogP contribution in [0.5, 0.6) is 5.75 Å². The van der Waals surface area contributed by atoms with Gasteiger partial charge in [0.25, 0.3) is 11.8 Å². The molecule has 2 atom stereocenters. The first-order valence-electron chi connectivity index (χ1n) is 7.78. The monoisotopic (exact) mass is 346 g/mol. The number of carbonyl (C=O) groups excluding carboxylic acids is 2. The Hall–Kier alpha value is -2.87. The second-order valence-electron chi connectivity index (χ2n) is 5.79. The fraction of sp³-hybridized carbons (Fsp3) is 0.353. The van der Waals surface area contributed by atoms with Gasteiger partial charge >= 0.3 is 0 Å². The molecule has 8 nitrogen and oxygen atoms in total. The number of benzene rings is 1. The van der Waals surface area contributed by atoms with E-state index in [1.165, 1.54) is 17.1 Å². The number of aliphatic hydroxyl groups is 1. The van der Waals surface area contributed by atoms with Crippen molar-refractivity contribution < 1.29 is 19.4 Å². The first-order chi connectivity index (χ1) is 11.8. The minimum Gasteiger partial charge on any atom is -0.481 e. The van der Waals surface area contributed by atoms with E-state index in [-0.39, 0.29) is 0 Å². The Balaban J connectivity index is 1.88. The lowest BCUT2D eigenvalue weighted by atomic mass is 10.1. The summed E-state index contributed by atoms with van der Waals surface area (Å²) < 4.78 is 7.09. The maximum absolute atomic E-state index is 12.1. The third kappa shape index (κ3) is 4.57. The number of hydrogen-bond donors (Lipinski definition) is 3. The fourth-order valence-electron chi connectivity index (χ4n) is 2.12. The van der Waals surface area contributed by atoms with Crippen LogP contribution in [0, 0.1) is 13.8 Å². The van der Waals surface area contributed by atoms with Crippen LogP contribution >= 0.6 is 0 Å². The molecule has 1 heterocycles. The maximum atomic E-state index is 12.1. The van der Waals surface area contributed by atoms with Crippen molar-refractivity contribution >= 4 is 11.8 Å². The third-order valence-electron chi connectivity index (χ3n) is 3.83. The number of ether oxygens (including phenoxy) is 1. The number of aromatic nitrogens is 2. The van der Waals surface area contributed by atoms with E-state index in [1.807, 2.05) is 26.0 Å². The van der Waals surface area contributed by atoms with E-state index in [2.05, 4.69) is 16.0 Å². The highest BCUT2D eigenvalue weighted by molar-refractivity contribution is 5.86. The van der Waals surface area contributed by atoms with Crippen LogP contribution in [-0.2, 0) is 16.6 Å². The SMILES string of the molecule is Cc1cccc(O[C@H](C)C(=O)NNC(=O)[C@H](O)c2cnn(C)c2)c1C. The quantitative estimate of drug-likeness (QED) is 0.691. The smallest absolute Gasteiger partial charge is 0.279 e. The zero-order valence-corrected chi connectivity index (χ0v) is 14.6. The standard InChI is InChI=1S/C17H22N4O4/c1-10-6-5-7-14(11(10)2)25-12(3)16(23)19-20-17(24)15(22)13-8-18-21(4)9-13/h5-9,12,15,22H,1-4H3,(H,19,23)(H,20,24)/t12-,15-/m1/s1. The van der Waals surface area contributed by atoms with Crippen molar-refractivity contribution in [3.05, 3.63) is 47.3 Å². The molecule has 1 aromatic heterocycles. The molecule has 3 N–H and O–H groups in total. The second-order valence-corrected chi connectivity index (χ2v) is 5.79. The molecular weight excluding hydrogens is 324 g/mol. The van der Waals surface area contributed by atoms with Crippen LogP contribution in [0.3, 0.4) is 0 Å². The molecule has 0 fully saturated rings. The van der Waals surface area contributed by atoms with E-state index in [0.717, 1.165) is 11.1 Å². The summed E-state index contributed by atoms with van der Waals surface area (Å²) >= 11 is 0. The van der Waals surface area contributed by atoms with Gasteiger partial charge in [0.05, 0.1) is 6.20 Å². The number of hydrazine groups is 1. The Kier molecular flexibility index (Phi) is 5.76. The molecule has 134 valence electrons. The molecule has 1 aromatic carbocycles. The molecule has 0 bridgehead atoms. The van der Waals surface area contributed by atoms with E-state index >= 15 is 0 Å². The van der Waals surface area contributed by atoms with Gasteiger partial charge in [-0.1, -0.05) is 12.1 Å². The van der Waals surface area contributed by atoms with Crippen molar-refractivity contribution in [3.8, 4) is 5.75 Å². The van der Waals surface area contributed by atoms with Gasteiger partial charge in [0, 0.05) is 18.8 Å². The summed E-state index contributed by atoms with van der Waals surface area (Å²) in [6.07, 6.45) is 0.636. The first-order valence-corrected chi connectivity index (χ1v) is 7.78. The summed E-state index contributed by atoms with van der Waals surface area (Å²) in [5.74, 6) is -0.697. The highest BCUT2D eigenvalue weighted by Gasteiger charge is 2.21. The predicted octanol–water partition coefficient (Wildman–Crippen LogP) is 0.685. The third-order valence-corrected chi connectivity index (χ3v) is 3.83. The molecule has 0 spiro atoms. The number of hydrogen-bond acceptors (Lipinski definition) is 5. The molecule has 8 heteroatoms. The van der Waals surface area contributed by atoms with Gasteiger partial charge < -0.3 is 9.84 Å². The van der Waals surface area contributed by atoms with Gasteiger partial charge in [0.1, 0.15) is 5.75 Å². The molecule has 2 rings (SSSR count). The molecule has 25 heavy (non-hydrogen) atoms. The number of aliphatic hydroxyl groups excluding tert-OH is 1. The van der Waals surface area contributed by atoms with Crippen LogP contribution in [0.1, 0.15) is 29.7 Å². The summed E-state index contributed by atoms with van der Waals surface area (Å²) in [5.41, 5.74) is 6.74. The van der Waals surface area contributed by atoms with Gasteiger partial charge in [0.15, 0.2) is 12.2 Å². The van der Waals surface area contributed by atoms with Gasteiger partial charge in [-0.2, -0.15) is 5.10 Å². The summed E-state index contributed by atoms with van der Waals surface area (Å²) in [6.45, 7) is 5.43. The molecule has 2 aromatic rings. The highest BCUT2D eigenvalue weighted by Crippen LogP contribution is 2.21. The van der Waals surface area contributed by atoms with E-state index in [9.17, 15) is 14.7 Å². The number of aryl methyl sites for hydroxylation is 2. The Morgan fingerprint density at radius 3 is 2.56 bits per heavy atom. The summed E-state index contributed by atoms with van der Waals surface area (Å²) in [4.78, 5) is 23.9. The maximum Gasteiger partial charge on any atom is 0.279 e. The number of amides is 2. The van der Waals surface area contributed by atoms with E-state index in [0.29, 0.717) is 11.3 Å². The summed E-state index contributed by atoms with van der Waals surface area (Å²) in [5, 5.41) is 13.8. The minimum absolute atomic E-state index is 0.328. The summed E-state index contributed by atoms with van der Waals surface area (Å²) in [6, 6.07) is 5.57. The lowest BCUT2D eigenvalue weighted by molar-refractivity contribution is -0.136. The lowest BCUT2D eigenvalue weighted by Crippen LogP contribution is -2.48. The minimum atomic E-state index is -1.43. The van der Waals surface area contributed by atoms with Gasteiger partial charge in [-0.3, -0.25) is 25.1 Å². The fourth-order valence-corrected chi connectivity index (χ4v) is 2.12. The van der Waals surface area contributed by atoms with Gasteiger partial charge in [-0.05, 0) is 38.0 Å². The van der Waals surface area contributed by atoms with Crippen LogP contribution in [0.4, 0.5) is 0 Å². The molecule has 0 aliphatic carbocycles. The molecule has 0 aliphatic heterocycles. The zero-order chi connectivity index (χ0) is 18.6. The van der Waals surface area contributed by atoms with Crippen molar-refractivity contribution in [2.24, 2.45) is 7.05 Å². The molecule has 0 aliphatic rings. The predicted molar refractivity (Wildman–Crippen MR) is 90.5 cm³/mol. The first kappa shape index (κ1) is 18.5. The molecule has 0 saturated heterocycles. The Morgan fingerprint density at radius 1 is 1.24 bits per heavy atom. The molecule has 2 amide bonds. The molecular formula is C17H22N4O4. The van der Waals surface area contributed by atoms with Gasteiger partial charge in [-0.25, -0.2) is 0 Å². The Morgan fingerprint density at radius 2 is 1.92 bits per heavy atom. The topological polar surface area (TPSA) is 105 Å². The average Bonchev–Trinajstić information content (AvgIpc) is 3.02. The van der Waals surface area contributed by atoms with Gasteiger partial charge in [-0.15, -0.1) is 0 Å². The van der Waals surface area contributed by atoms with Crippen molar-refractivity contribution in [3.63, 3.8) is 0 Å². The lowest BCUT2D eigenvalue weighted by Gasteiger charge is -2.18. The van der Waals surface area contributed by atoms with Crippen LogP contribution in [0.15, 0.2) is 30.6 Å². The van der Waals surface area contributed by atoms with Crippen LogP contribution in [0.25, 0.3) is 0 Å². The number of nitrogens with one attached hydrogen (secondary N) is 2. The van der Waals surface area contributed by atoms with Crippen LogP contribution in [0.2, 0.25) is 0 Å². The number of carbonyl (C=O) groups is 2. The van der Waals surface area contributed by atoms with Crippen molar-refractivity contribution in [1.29, 1.82) is 0 Å². The van der Waals surface area contributed by atoms with Crippen molar-refractivity contribution in [1.82, 2.24) is 20.6 Å². The second kappa shape index (κ2) is 7.80. The van der Waals surface area contributed by atoms with Crippen molar-refractivity contribution in [2.45, 2.75) is 33.0 Å². The largest absolute Gasteiger partial charge is 0.481 e. The van der Waals surface area contributed by atoms with E-state index in [4.69, 9.17) is 4.74 Å². The highest BCUT2D eigenvalue weighted by atomic mass is 16.5. The number of rotatable bonds is 5.